The Morgan fingerprint density at radius 2 is 1.41 bits per heavy atom. The maximum absolute atomic E-state index is 5.67. The fourth-order valence-corrected chi connectivity index (χ4v) is 5.60. The average molecular weight is 395 g/mol. The average Bonchev–Trinajstić information content (AvgIpc) is 2.78. The number of allylic oxidation sites excluding steroid dienone is 3. The summed E-state index contributed by atoms with van der Waals surface area (Å²) in [6.07, 6.45) is 23.0. The van der Waals surface area contributed by atoms with Crippen molar-refractivity contribution in [2.45, 2.75) is 90.6 Å². The molecule has 160 valence electrons. The zero-order chi connectivity index (χ0) is 20.3. The van der Waals surface area contributed by atoms with Crippen molar-refractivity contribution in [1.29, 1.82) is 0 Å². The van der Waals surface area contributed by atoms with Crippen molar-refractivity contribution < 1.29 is 4.74 Å². The van der Waals surface area contributed by atoms with E-state index in [4.69, 9.17) is 4.74 Å². The molecule has 0 atom stereocenters. The van der Waals surface area contributed by atoms with Crippen LogP contribution in [0.3, 0.4) is 0 Å². The second-order valence-electron chi connectivity index (χ2n) is 9.36. The van der Waals surface area contributed by atoms with Gasteiger partial charge in [-0.2, -0.15) is 0 Å². The summed E-state index contributed by atoms with van der Waals surface area (Å²) in [6, 6.07) is 9.25. The van der Waals surface area contributed by atoms with Crippen molar-refractivity contribution in [2.75, 3.05) is 6.61 Å². The van der Waals surface area contributed by atoms with Crippen LogP contribution in [0.4, 0.5) is 0 Å². The number of rotatable bonds is 9. The van der Waals surface area contributed by atoms with Crippen LogP contribution in [0.25, 0.3) is 0 Å². The summed E-state index contributed by atoms with van der Waals surface area (Å²) < 4.78 is 5.67. The van der Waals surface area contributed by atoms with Gasteiger partial charge in [-0.15, -0.1) is 0 Å². The van der Waals surface area contributed by atoms with Gasteiger partial charge in [-0.05, 0) is 100 Å². The van der Waals surface area contributed by atoms with Crippen LogP contribution >= 0.6 is 0 Å². The fraction of sp³-hybridized carbons (Fsp3) is 0.643. The third-order valence-electron chi connectivity index (χ3n) is 7.48. The molecule has 1 heteroatoms. The van der Waals surface area contributed by atoms with Gasteiger partial charge in [-0.3, -0.25) is 0 Å². The number of ether oxygens (including phenoxy) is 1. The highest BCUT2D eigenvalue weighted by molar-refractivity contribution is 5.25. The molecule has 2 fully saturated rings. The van der Waals surface area contributed by atoms with Gasteiger partial charge in [0.1, 0.15) is 0 Å². The first kappa shape index (κ1) is 22.3. The van der Waals surface area contributed by atoms with Crippen LogP contribution in [-0.4, -0.2) is 6.61 Å². The van der Waals surface area contributed by atoms with E-state index in [0.29, 0.717) is 6.61 Å². The second kappa shape index (κ2) is 12.4. The second-order valence-corrected chi connectivity index (χ2v) is 9.36. The molecule has 2 aliphatic rings. The minimum atomic E-state index is 0.708. The zero-order valence-corrected chi connectivity index (χ0v) is 18.8. The third-order valence-corrected chi connectivity index (χ3v) is 7.48. The minimum absolute atomic E-state index is 0.708. The molecule has 0 amide bonds. The summed E-state index contributed by atoms with van der Waals surface area (Å²) in [5.41, 5.74) is 2.84. The maximum atomic E-state index is 5.67. The predicted molar refractivity (Wildman–Crippen MR) is 125 cm³/mol. The van der Waals surface area contributed by atoms with Gasteiger partial charge < -0.3 is 4.74 Å². The van der Waals surface area contributed by atoms with Crippen molar-refractivity contribution in [3.63, 3.8) is 0 Å². The summed E-state index contributed by atoms with van der Waals surface area (Å²) in [4.78, 5) is 0. The number of benzene rings is 1. The predicted octanol–water partition coefficient (Wildman–Crippen LogP) is 8.22. The van der Waals surface area contributed by atoms with Crippen molar-refractivity contribution >= 4 is 0 Å². The molecule has 0 bridgehead atoms. The molecule has 0 N–H and O–H groups in total. The van der Waals surface area contributed by atoms with Crippen LogP contribution in [0.15, 0.2) is 48.6 Å². The highest BCUT2D eigenvalue weighted by Gasteiger charge is 2.31. The molecular weight excluding hydrogens is 352 g/mol. The van der Waals surface area contributed by atoms with Crippen molar-refractivity contribution in [1.82, 2.24) is 0 Å². The standard InChI is InChI=1S/C28H42O/c1-3-5-7-8-23-9-13-25(14-10-23)27-17-19-28(20-18-27)26-15-11-24(12-16-26)22-29-21-6-4-2/h3-6,11-12,15-16,23,25,27-28H,7-10,13-14,17-22H2,1-2H3/b5-3+,6-4?/t23-,25-,27?,28?. The first-order valence-electron chi connectivity index (χ1n) is 12.2. The third kappa shape index (κ3) is 7.14. The van der Waals surface area contributed by atoms with E-state index in [-0.39, 0.29) is 0 Å². The Hall–Kier alpha value is -1.34. The Balaban J connectivity index is 1.38. The van der Waals surface area contributed by atoms with Gasteiger partial charge in [0.2, 0.25) is 0 Å². The molecule has 0 aliphatic heterocycles. The van der Waals surface area contributed by atoms with E-state index in [1.807, 2.05) is 13.0 Å². The maximum Gasteiger partial charge on any atom is 0.0721 e. The Kier molecular flexibility index (Phi) is 9.54. The molecule has 0 unspecified atom stereocenters. The van der Waals surface area contributed by atoms with Crippen molar-refractivity contribution in [3.05, 3.63) is 59.7 Å². The lowest BCUT2D eigenvalue weighted by molar-refractivity contribution is 0.148. The smallest absolute Gasteiger partial charge is 0.0721 e. The Morgan fingerprint density at radius 3 is 2.03 bits per heavy atom. The van der Waals surface area contributed by atoms with Crippen molar-refractivity contribution in [2.24, 2.45) is 17.8 Å². The monoisotopic (exact) mass is 394 g/mol. The molecule has 2 aliphatic carbocycles. The summed E-state index contributed by atoms with van der Waals surface area (Å²) >= 11 is 0. The van der Waals surface area contributed by atoms with Gasteiger partial charge in [-0.25, -0.2) is 0 Å². The van der Waals surface area contributed by atoms with Crippen LogP contribution in [0.1, 0.15) is 95.1 Å². The van der Waals surface area contributed by atoms with Crippen LogP contribution in [0.2, 0.25) is 0 Å². The SMILES string of the molecule is CC=CCOCc1ccc(C2CCC([C@H]3CC[C@H](CC/C=C/C)CC3)CC2)cc1. The number of hydrogen-bond acceptors (Lipinski definition) is 1. The molecule has 1 aromatic rings. The van der Waals surface area contributed by atoms with Crippen LogP contribution in [0, 0.1) is 17.8 Å². The number of hydrogen-bond donors (Lipinski definition) is 0. The van der Waals surface area contributed by atoms with Gasteiger partial charge in [-0.1, -0.05) is 61.4 Å². The summed E-state index contributed by atoms with van der Waals surface area (Å²) in [5, 5.41) is 0. The highest BCUT2D eigenvalue weighted by atomic mass is 16.5. The van der Waals surface area contributed by atoms with Gasteiger partial charge in [0.05, 0.1) is 13.2 Å². The summed E-state index contributed by atoms with van der Waals surface area (Å²) in [7, 11) is 0. The highest BCUT2D eigenvalue weighted by Crippen LogP contribution is 2.44. The molecule has 0 radical (unpaired) electrons. The summed E-state index contributed by atoms with van der Waals surface area (Å²) in [5.74, 6) is 3.80. The Labute approximate surface area is 179 Å². The largest absolute Gasteiger partial charge is 0.373 e. The topological polar surface area (TPSA) is 9.23 Å². The van der Waals surface area contributed by atoms with E-state index in [0.717, 1.165) is 30.3 Å². The molecule has 0 heterocycles. The first-order valence-corrected chi connectivity index (χ1v) is 12.2. The molecular formula is C28H42O. The molecule has 0 aromatic heterocycles. The lowest BCUT2D eigenvalue weighted by Crippen LogP contribution is -2.25. The van der Waals surface area contributed by atoms with Gasteiger partial charge >= 0.3 is 0 Å². The van der Waals surface area contributed by atoms with Crippen LogP contribution < -0.4 is 0 Å². The summed E-state index contributed by atoms with van der Waals surface area (Å²) in [6.45, 7) is 5.60. The van der Waals surface area contributed by atoms with Gasteiger partial charge in [0.15, 0.2) is 0 Å². The van der Waals surface area contributed by atoms with Gasteiger partial charge in [0, 0.05) is 0 Å². The zero-order valence-electron chi connectivity index (χ0n) is 18.8. The van der Waals surface area contributed by atoms with E-state index in [1.54, 1.807) is 5.56 Å². The fourth-order valence-electron chi connectivity index (χ4n) is 5.60. The Morgan fingerprint density at radius 1 is 0.793 bits per heavy atom. The molecule has 0 spiro atoms. The minimum Gasteiger partial charge on any atom is -0.373 e. The molecule has 1 aromatic carbocycles. The molecule has 2 saturated carbocycles. The molecule has 1 nitrogen and oxygen atoms in total. The van der Waals surface area contributed by atoms with E-state index < -0.39 is 0 Å². The normalized spacial score (nSPS) is 28.3. The van der Waals surface area contributed by atoms with Gasteiger partial charge in [0.25, 0.3) is 0 Å². The van der Waals surface area contributed by atoms with E-state index in [1.165, 1.54) is 69.8 Å². The molecule has 3 rings (SSSR count). The lowest BCUT2D eigenvalue weighted by Gasteiger charge is -2.38. The van der Waals surface area contributed by atoms with E-state index in [2.05, 4.69) is 49.4 Å². The molecule has 29 heavy (non-hydrogen) atoms. The Bertz CT molecular complexity index is 610. The van der Waals surface area contributed by atoms with Crippen molar-refractivity contribution in [3.8, 4) is 0 Å². The lowest BCUT2D eigenvalue weighted by atomic mass is 9.68. The van der Waals surface area contributed by atoms with E-state index in [9.17, 15) is 0 Å². The quantitative estimate of drug-likeness (QED) is 0.303. The van der Waals surface area contributed by atoms with Crippen LogP contribution in [0.5, 0.6) is 0 Å². The molecule has 0 saturated heterocycles. The van der Waals surface area contributed by atoms with E-state index >= 15 is 0 Å². The first-order chi connectivity index (χ1) is 14.3. The van der Waals surface area contributed by atoms with Crippen LogP contribution in [-0.2, 0) is 11.3 Å².